The normalized spacial score (nSPS) is 10.5. The van der Waals surface area contributed by atoms with Crippen LogP contribution in [0, 0.1) is 0 Å². The topological polar surface area (TPSA) is 49.3 Å². The highest BCUT2D eigenvalue weighted by Crippen LogP contribution is 2.18. The number of nitrogens with zero attached hydrogens (tertiary/aromatic N) is 4. The number of para-hydroxylation sites is 1. The average molecular weight is 326 g/mol. The molecule has 0 saturated carbocycles. The molecule has 0 radical (unpaired) electrons. The van der Waals surface area contributed by atoms with Crippen LogP contribution in [0.4, 0.5) is 11.5 Å². The SMILES string of the molecule is CCCN(CCC)c1cc(C(=O)N(CC)c2ccccc2)ncn1. The number of hydrogen-bond donors (Lipinski definition) is 0. The van der Waals surface area contributed by atoms with Gasteiger partial charge >= 0.3 is 0 Å². The van der Waals surface area contributed by atoms with E-state index in [2.05, 4.69) is 28.7 Å². The summed E-state index contributed by atoms with van der Waals surface area (Å²) < 4.78 is 0. The molecule has 5 heteroatoms. The zero-order valence-electron chi connectivity index (χ0n) is 14.8. The molecule has 1 aromatic heterocycles. The van der Waals surface area contributed by atoms with Crippen molar-refractivity contribution in [2.24, 2.45) is 0 Å². The summed E-state index contributed by atoms with van der Waals surface area (Å²) in [6, 6.07) is 11.5. The van der Waals surface area contributed by atoms with Gasteiger partial charge in [-0.1, -0.05) is 32.0 Å². The molecule has 0 spiro atoms. The Morgan fingerprint density at radius 2 is 1.67 bits per heavy atom. The smallest absolute Gasteiger partial charge is 0.277 e. The van der Waals surface area contributed by atoms with Crippen LogP contribution in [0.15, 0.2) is 42.7 Å². The molecule has 0 aliphatic carbocycles. The van der Waals surface area contributed by atoms with Crippen LogP contribution in [0.25, 0.3) is 0 Å². The maximum Gasteiger partial charge on any atom is 0.277 e. The van der Waals surface area contributed by atoms with Crippen LogP contribution >= 0.6 is 0 Å². The number of carbonyl (C=O) groups is 1. The fourth-order valence-corrected chi connectivity index (χ4v) is 2.71. The molecule has 0 N–H and O–H groups in total. The second-order valence-electron chi connectivity index (χ2n) is 5.63. The molecule has 1 amide bonds. The van der Waals surface area contributed by atoms with E-state index in [-0.39, 0.29) is 5.91 Å². The minimum atomic E-state index is -0.0969. The van der Waals surface area contributed by atoms with Crippen molar-refractivity contribution in [3.8, 4) is 0 Å². The van der Waals surface area contributed by atoms with Gasteiger partial charge in [-0.05, 0) is 31.9 Å². The summed E-state index contributed by atoms with van der Waals surface area (Å²) in [7, 11) is 0. The molecule has 0 atom stereocenters. The van der Waals surface area contributed by atoms with E-state index in [1.807, 2.05) is 37.3 Å². The fourth-order valence-electron chi connectivity index (χ4n) is 2.71. The second-order valence-corrected chi connectivity index (χ2v) is 5.63. The Morgan fingerprint density at radius 3 is 2.25 bits per heavy atom. The Balaban J connectivity index is 2.27. The van der Waals surface area contributed by atoms with E-state index in [0.29, 0.717) is 12.2 Å². The Labute approximate surface area is 144 Å². The minimum absolute atomic E-state index is 0.0969. The lowest BCUT2D eigenvalue weighted by Crippen LogP contribution is -2.32. The van der Waals surface area contributed by atoms with Gasteiger partial charge in [0.15, 0.2) is 0 Å². The number of rotatable bonds is 8. The minimum Gasteiger partial charge on any atom is -0.357 e. The summed E-state index contributed by atoms with van der Waals surface area (Å²) >= 11 is 0. The van der Waals surface area contributed by atoms with E-state index in [9.17, 15) is 4.79 Å². The summed E-state index contributed by atoms with van der Waals surface area (Å²) in [4.78, 5) is 25.4. The molecule has 24 heavy (non-hydrogen) atoms. The lowest BCUT2D eigenvalue weighted by molar-refractivity contribution is 0.0983. The van der Waals surface area contributed by atoms with Crippen LogP contribution in [0.1, 0.15) is 44.1 Å². The predicted molar refractivity (Wildman–Crippen MR) is 98.6 cm³/mol. The summed E-state index contributed by atoms with van der Waals surface area (Å²) in [6.45, 7) is 8.70. The first-order valence-corrected chi connectivity index (χ1v) is 8.65. The van der Waals surface area contributed by atoms with E-state index in [1.165, 1.54) is 6.33 Å². The molecule has 2 rings (SSSR count). The van der Waals surface area contributed by atoms with Gasteiger partial charge in [0, 0.05) is 31.4 Å². The highest BCUT2D eigenvalue weighted by Gasteiger charge is 2.19. The van der Waals surface area contributed by atoms with E-state index in [1.54, 1.807) is 11.0 Å². The van der Waals surface area contributed by atoms with Crippen LogP contribution in [0.2, 0.25) is 0 Å². The first kappa shape index (κ1) is 17.9. The highest BCUT2D eigenvalue weighted by atomic mass is 16.2. The van der Waals surface area contributed by atoms with Crippen molar-refractivity contribution < 1.29 is 4.79 Å². The molecular weight excluding hydrogens is 300 g/mol. The Kier molecular flexibility index (Phi) is 6.73. The van der Waals surface area contributed by atoms with Gasteiger partial charge in [-0.25, -0.2) is 9.97 Å². The average Bonchev–Trinajstić information content (AvgIpc) is 2.63. The van der Waals surface area contributed by atoms with Gasteiger partial charge in [0.25, 0.3) is 5.91 Å². The molecule has 0 saturated heterocycles. The van der Waals surface area contributed by atoms with Gasteiger partial charge in [0.2, 0.25) is 0 Å². The molecule has 0 bridgehead atoms. The first-order valence-electron chi connectivity index (χ1n) is 8.65. The maximum atomic E-state index is 12.9. The Hall–Kier alpha value is -2.43. The van der Waals surface area contributed by atoms with Crippen molar-refractivity contribution in [1.82, 2.24) is 9.97 Å². The Morgan fingerprint density at radius 1 is 1.00 bits per heavy atom. The first-order chi connectivity index (χ1) is 11.7. The summed E-state index contributed by atoms with van der Waals surface area (Å²) in [5.41, 5.74) is 1.31. The summed E-state index contributed by atoms with van der Waals surface area (Å²) in [6.07, 6.45) is 3.57. The van der Waals surface area contributed by atoms with Gasteiger partial charge in [-0.15, -0.1) is 0 Å². The molecule has 0 aliphatic heterocycles. The van der Waals surface area contributed by atoms with Crippen molar-refractivity contribution in [3.63, 3.8) is 0 Å². The van der Waals surface area contributed by atoms with Crippen LogP contribution < -0.4 is 9.80 Å². The zero-order chi connectivity index (χ0) is 17.4. The number of carbonyl (C=O) groups excluding carboxylic acids is 1. The quantitative estimate of drug-likeness (QED) is 0.741. The molecular formula is C19H26N4O. The van der Waals surface area contributed by atoms with Crippen molar-refractivity contribution in [1.29, 1.82) is 0 Å². The number of anilines is 2. The predicted octanol–water partition coefficient (Wildman–Crippen LogP) is 3.77. The maximum absolute atomic E-state index is 12.9. The largest absolute Gasteiger partial charge is 0.357 e. The third-order valence-electron chi connectivity index (χ3n) is 3.81. The van der Waals surface area contributed by atoms with E-state index in [0.717, 1.165) is 37.4 Å². The highest BCUT2D eigenvalue weighted by molar-refractivity contribution is 6.05. The molecule has 1 heterocycles. The van der Waals surface area contributed by atoms with Gasteiger partial charge in [-0.3, -0.25) is 4.79 Å². The number of benzene rings is 1. The standard InChI is InChI=1S/C19H26N4O/c1-4-12-22(13-5-2)18-14-17(20-15-21-18)19(24)23(6-3)16-10-8-7-9-11-16/h7-11,14-15H,4-6,12-13H2,1-3H3. The molecule has 128 valence electrons. The second kappa shape index (κ2) is 9.01. The summed E-state index contributed by atoms with van der Waals surface area (Å²) in [5, 5.41) is 0. The third-order valence-corrected chi connectivity index (χ3v) is 3.81. The monoisotopic (exact) mass is 326 g/mol. The third kappa shape index (κ3) is 4.31. The number of hydrogen-bond acceptors (Lipinski definition) is 4. The van der Waals surface area contributed by atoms with Crippen molar-refractivity contribution >= 4 is 17.4 Å². The molecule has 5 nitrogen and oxygen atoms in total. The van der Waals surface area contributed by atoms with Crippen molar-refractivity contribution in [2.45, 2.75) is 33.6 Å². The lowest BCUT2D eigenvalue weighted by Gasteiger charge is -2.24. The van der Waals surface area contributed by atoms with Crippen LogP contribution in [0.5, 0.6) is 0 Å². The van der Waals surface area contributed by atoms with Crippen LogP contribution in [-0.4, -0.2) is 35.5 Å². The van der Waals surface area contributed by atoms with Crippen molar-refractivity contribution in [3.05, 3.63) is 48.4 Å². The summed E-state index contributed by atoms with van der Waals surface area (Å²) in [5.74, 6) is 0.724. The van der Waals surface area contributed by atoms with Gasteiger partial charge in [-0.2, -0.15) is 0 Å². The molecule has 0 fully saturated rings. The van der Waals surface area contributed by atoms with Gasteiger partial charge in [0.1, 0.15) is 17.8 Å². The van der Waals surface area contributed by atoms with Gasteiger partial charge in [0.05, 0.1) is 0 Å². The molecule has 0 aliphatic rings. The Bertz CT molecular complexity index is 639. The van der Waals surface area contributed by atoms with Crippen LogP contribution in [-0.2, 0) is 0 Å². The van der Waals surface area contributed by atoms with Crippen LogP contribution in [0.3, 0.4) is 0 Å². The van der Waals surface area contributed by atoms with Gasteiger partial charge < -0.3 is 9.80 Å². The van der Waals surface area contributed by atoms with E-state index in [4.69, 9.17) is 0 Å². The number of amides is 1. The zero-order valence-corrected chi connectivity index (χ0v) is 14.8. The molecule has 1 aromatic carbocycles. The van der Waals surface area contributed by atoms with Crippen molar-refractivity contribution in [2.75, 3.05) is 29.4 Å². The molecule has 2 aromatic rings. The molecule has 0 unspecified atom stereocenters. The number of aromatic nitrogens is 2. The lowest BCUT2D eigenvalue weighted by atomic mass is 10.2. The van der Waals surface area contributed by atoms with E-state index < -0.39 is 0 Å². The van der Waals surface area contributed by atoms with E-state index >= 15 is 0 Å². The fraction of sp³-hybridized carbons (Fsp3) is 0.421.